The second kappa shape index (κ2) is 4.31. The Labute approximate surface area is 109 Å². The summed E-state index contributed by atoms with van der Waals surface area (Å²) in [7, 11) is 0. The summed E-state index contributed by atoms with van der Waals surface area (Å²) in [5, 5.41) is 0. The maximum absolute atomic E-state index is 13.0. The molecule has 0 aliphatic heterocycles. The first-order valence-electron chi connectivity index (χ1n) is 5.91. The molecule has 0 atom stereocenters. The van der Waals surface area contributed by atoms with Crippen molar-refractivity contribution < 1.29 is 9.18 Å². The van der Waals surface area contributed by atoms with Gasteiger partial charge in [0.15, 0.2) is 5.78 Å². The van der Waals surface area contributed by atoms with E-state index in [9.17, 15) is 9.18 Å². The average Bonchev–Trinajstić information content (AvgIpc) is 2.79. The van der Waals surface area contributed by atoms with Crippen LogP contribution in [0.25, 0.3) is 16.9 Å². The SMILES string of the molecule is CC(=O)c1nc(-c2ccc(F)cc2)n2ccccc12. The summed E-state index contributed by atoms with van der Waals surface area (Å²) < 4.78 is 14.8. The molecule has 2 heterocycles. The van der Waals surface area contributed by atoms with E-state index in [1.165, 1.54) is 19.1 Å². The Kier molecular flexibility index (Phi) is 2.63. The molecule has 3 nitrogen and oxygen atoms in total. The van der Waals surface area contributed by atoms with Crippen LogP contribution in [0, 0.1) is 5.82 Å². The molecule has 3 rings (SSSR count). The largest absolute Gasteiger partial charge is 0.299 e. The van der Waals surface area contributed by atoms with Crippen molar-refractivity contribution in [2.45, 2.75) is 6.92 Å². The minimum Gasteiger partial charge on any atom is -0.299 e. The van der Waals surface area contributed by atoms with Gasteiger partial charge in [0.2, 0.25) is 0 Å². The number of imidazole rings is 1. The van der Waals surface area contributed by atoms with E-state index in [1.807, 2.05) is 28.8 Å². The van der Waals surface area contributed by atoms with Crippen molar-refractivity contribution in [1.82, 2.24) is 9.38 Å². The van der Waals surface area contributed by atoms with E-state index in [2.05, 4.69) is 4.98 Å². The van der Waals surface area contributed by atoms with E-state index in [0.29, 0.717) is 11.5 Å². The highest BCUT2D eigenvalue weighted by Gasteiger charge is 2.14. The Bertz CT molecular complexity index is 759. The summed E-state index contributed by atoms with van der Waals surface area (Å²) >= 11 is 0. The number of ketones is 1. The van der Waals surface area contributed by atoms with Crippen molar-refractivity contribution in [3.05, 3.63) is 60.2 Å². The first-order chi connectivity index (χ1) is 9.16. The van der Waals surface area contributed by atoms with Crippen molar-refractivity contribution in [1.29, 1.82) is 0 Å². The molecule has 0 saturated heterocycles. The molecule has 0 aliphatic rings. The predicted octanol–water partition coefficient (Wildman–Crippen LogP) is 3.34. The van der Waals surface area contributed by atoms with Gasteiger partial charge in [0.25, 0.3) is 0 Å². The van der Waals surface area contributed by atoms with Crippen LogP contribution in [0.4, 0.5) is 4.39 Å². The lowest BCUT2D eigenvalue weighted by Crippen LogP contribution is -1.92. The fraction of sp³-hybridized carbons (Fsp3) is 0.0667. The van der Waals surface area contributed by atoms with E-state index in [-0.39, 0.29) is 11.6 Å². The molecule has 0 amide bonds. The van der Waals surface area contributed by atoms with Gasteiger partial charge in [-0.25, -0.2) is 9.37 Å². The molecule has 0 bridgehead atoms. The van der Waals surface area contributed by atoms with Gasteiger partial charge in [-0.2, -0.15) is 0 Å². The van der Waals surface area contributed by atoms with E-state index in [0.717, 1.165) is 11.1 Å². The van der Waals surface area contributed by atoms with Gasteiger partial charge in [-0.15, -0.1) is 0 Å². The molecular formula is C15H11FN2O. The molecule has 0 radical (unpaired) electrons. The third-order valence-electron chi connectivity index (χ3n) is 2.98. The van der Waals surface area contributed by atoms with Crippen LogP contribution < -0.4 is 0 Å². The molecule has 4 heteroatoms. The molecule has 0 aliphatic carbocycles. The Balaban J connectivity index is 2.29. The minimum atomic E-state index is -0.295. The van der Waals surface area contributed by atoms with Crippen molar-refractivity contribution in [2.24, 2.45) is 0 Å². The lowest BCUT2D eigenvalue weighted by atomic mass is 10.2. The molecule has 19 heavy (non-hydrogen) atoms. The van der Waals surface area contributed by atoms with Crippen LogP contribution in [0.3, 0.4) is 0 Å². The Morgan fingerprint density at radius 3 is 2.58 bits per heavy atom. The monoisotopic (exact) mass is 254 g/mol. The van der Waals surface area contributed by atoms with Gasteiger partial charge in [-0.05, 0) is 36.4 Å². The number of aromatic nitrogens is 2. The van der Waals surface area contributed by atoms with Gasteiger partial charge < -0.3 is 0 Å². The van der Waals surface area contributed by atoms with E-state index >= 15 is 0 Å². The van der Waals surface area contributed by atoms with Gasteiger partial charge in [-0.1, -0.05) is 6.07 Å². The molecule has 0 saturated carbocycles. The smallest absolute Gasteiger partial charge is 0.180 e. The number of nitrogens with zero attached hydrogens (tertiary/aromatic N) is 2. The predicted molar refractivity (Wildman–Crippen MR) is 70.6 cm³/mol. The zero-order chi connectivity index (χ0) is 13.4. The number of hydrogen-bond acceptors (Lipinski definition) is 2. The summed E-state index contributed by atoms with van der Waals surface area (Å²) in [6, 6.07) is 11.6. The van der Waals surface area contributed by atoms with Crippen molar-refractivity contribution >= 4 is 11.3 Å². The van der Waals surface area contributed by atoms with Crippen molar-refractivity contribution in [3.63, 3.8) is 0 Å². The summed E-state index contributed by atoms with van der Waals surface area (Å²) in [5.74, 6) is 0.259. The molecule has 3 aromatic rings. The molecular weight excluding hydrogens is 243 g/mol. The highest BCUT2D eigenvalue weighted by atomic mass is 19.1. The van der Waals surface area contributed by atoms with Crippen LogP contribution in [0.2, 0.25) is 0 Å². The second-order valence-corrected chi connectivity index (χ2v) is 4.30. The lowest BCUT2D eigenvalue weighted by Gasteiger charge is -2.00. The van der Waals surface area contributed by atoms with Gasteiger partial charge >= 0.3 is 0 Å². The number of fused-ring (bicyclic) bond motifs is 1. The zero-order valence-electron chi connectivity index (χ0n) is 10.3. The van der Waals surface area contributed by atoms with Crippen LogP contribution in [0.15, 0.2) is 48.7 Å². The maximum Gasteiger partial charge on any atom is 0.180 e. The molecule has 0 fully saturated rings. The summed E-state index contributed by atoms with van der Waals surface area (Å²) in [4.78, 5) is 16.0. The number of pyridine rings is 1. The summed E-state index contributed by atoms with van der Waals surface area (Å²) in [6.45, 7) is 1.49. The molecule has 0 unspecified atom stereocenters. The number of carbonyl (C=O) groups excluding carboxylic acids is 1. The quantitative estimate of drug-likeness (QED) is 0.657. The van der Waals surface area contributed by atoms with Crippen LogP contribution in [-0.4, -0.2) is 15.2 Å². The number of benzene rings is 1. The molecule has 0 spiro atoms. The average molecular weight is 254 g/mol. The second-order valence-electron chi connectivity index (χ2n) is 4.30. The normalized spacial score (nSPS) is 10.8. The fourth-order valence-electron chi connectivity index (χ4n) is 2.10. The maximum atomic E-state index is 13.0. The van der Waals surface area contributed by atoms with E-state index < -0.39 is 0 Å². The summed E-state index contributed by atoms with van der Waals surface area (Å²) in [6.07, 6.45) is 1.84. The number of Topliss-reactive ketones (excluding diaryl/α,β-unsaturated/α-hetero) is 1. The number of hydrogen-bond donors (Lipinski definition) is 0. The van der Waals surface area contributed by atoms with Gasteiger partial charge in [0.05, 0.1) is 5.52 Å². The number of carbonyl (C=O) groups is 1. The van der Waals surface area contributed by atoms with Gasteiger partial charge in [0, 0.05) is 18.7 Å². The Morgan fingerprint density at radius 2 is 1.89 bits per heavy atom. The highest BCUT2D eigenvalue weighted by molar-refractivity contribution is 5.99. The fourth-order valence-corrected chi connectivity index (χ4v) is 2.10. The Morgan fingerprint density at radius 1 is 1.16 bits per heavy atom. The van der Waals surface area contributed by atoms with E-state index in [4.69, 9.17) is 0 Å². The van der Waals surface area contributed by atoms with Crippen LogP contribution >= 0.6 is 0 Å². The first kappa shape index (κ1) is 11.6. The third-order valence-corrected chi connectivity index (χ3v) is 2.98. The van der Waals surface area contributed by atoms with Crippen molar-refractivity contribution in [3.8, 4) is 11.4 Å². The Hall–Kier alpha value is -2.49. The first-order valence-corrected chi connectivity index (χ1v) is 5.91. The topological polar surface area (TPSA) is 34.4 Å². The molecule has 0 N–H and O–H groups in total. The molecule has 1 aromatic carbocycles. The lowest BCUT2D eigenvalue weighted by molar-refractivity contribution is 0.101. The minimum absolute atomic E-state index is 0.0861. The number of halogens is 1. The summed E-state index contributed by atoms with van der Waals surface area (Å²) in [5.41, 5.74) is 1.96. The molecule has 94 valence electrons. The highest BCUT2D eigenvalue weighted by Crippen LogP contribution is 2.23. The molecule has 2 aromatic heterocycles. The van der Waals surface area contributed by atoms with Crippen LogP contribution in [-0.2, 0) is 0 Å². The van der Waals surface area contributed by atoms with Crippen LogP contribution in [0.1, 0.15) is 17.4 Å². The third kappa shape index (κ3) is 1.91. The van der Waals surface area contributed by atoms with E-state index in [1.54, 1.807) is 12.1 Å². The van der Waals surface area contributed by atoms with Crippen LogP contribution in [0.5, 0.6) is 0 Å². The van der Waals surface area contributed by atoms with Gasteiger partial charge in [0.1, 0.15) is 17.3 Å². The number of rotatable bonds is 2. The standard InChI is InChI=1S/C15H11FN2O/c1-10(19)14-13-4-2-3-9-18(13)15(17-14)11-5-7-12(16)8-6-11/h2-9H,1H3. The van der Waals surface area contributed by atoms with Crippen molar-refractivity contribution in [2.75, 3.05) is 0 Å². The zero-order valence-corrected chi connectivity index (χ0v) is 10.3. The van der Waals surface area contributed by atoms with Gasteiger partial charge in [-0.3, -0.25) is 9.20 Å².